The number of benzene rings is 1. The fourth-order valence-corrected chi connectivity index (χ4v) is 9.94. The second-order valence-electron chi connectivity index (χ2n) is 17.3. The SMILES string of the molecule is CCOC(CCCC(C1CCCCC1)(C1CCCCC1)C1CCCCC1)Oc1ccc(C(CC(C)(C)C)C(C)(C)C)cc1. The standard InChI is InChI=1S/C41H70O2/c1-8-42-38(43-36-28-26-32(27-29-36)37(40(5,6)7)31-39(2,3)4)25-18-30-41(33-19-12-9-13-20-33,34-21-14-10-15-22-34)35-23-16-11-17-24-35/h26-29,33-35,37-38H,8-25,30-31H2,1-7H3. The Hall–Kier alpha value is -1.02. The summed E-state index contributed by atoms with van der Waals surface area (Å²) in [6, 6.07) is 9.05. The summed E-state index contributed by atoms with van der Waals surface area (Å²) in [6.07, 6.45) is 26.9. The predicted octanol–water partition coefficient (Wildman–Crippen LogP) is 12.9. The molecule has 1 aromatic carbocycles. The highest BCUT2D eigenvalue weighted by Gasteiger charge is 2.50. The van der Waals surface area contributed by atoms with Crippen LogP contribution in [0.25, 0.3) is 0 Å². The van der Waals surface area contributed by atoms with Crippen molar-refractivity contribution in [2.45, 2.75) is 183 Å². The number of hydrogen-bond donors (Lipinski definition) is 0. The molecule has 0 aliphatic heterocycles. The zero-order valence-electron chi connectivity index (χ0n) is 29.7. The Kier molecular flexibility index (Phi) is 13.0. The van der Waals surface area contributed by atoms with Gasteiger partial charge in [-0.15, -0.1) is 0 Å². The molecule has 3 saturated carbocycles. The molecular weight excluding hydrogens is 524 g/mol. The van der Waals surface area contributed by atoms with Crippen molar-refractivity contribution < 1.29 is 9.47 Å². The van der Waals surface area contributed by atoms with Crippen LogP contribution in [0.2, 0.25) is 0 Å². The molecule has 0 saturated heterocycles. The van der Waals surface area contributed by atoms with E-state index in [0.29, 0.717) is 23.4 Å². The third kappa shape index (κ3) is 9.73. The Bertz CT molecular complexity index is 855. The van der Waals surface area contributed by atoms with E-state index in [1.165, 1.54) is 121 Å². The minimum absolute atomic E-state index is 0.148. The van der Waals surface area contributed by atoms with Crippen LogP contribution in [-0.4, -0.2) is 12.9 Å². The Morgan fingerprint density at radius 3 is 1.53 bits per heavy atom. The molecule has 3 aliphatic carbocycles. The van der Waals surface area contributed by atoms with Gasteiger partial charge >= 0.3 is 0 Å². The lowest BCUT2D eigenvalue weighted by molar-refractivity contribution is -0.0918. The highest BCUT2D eigenvalue weighted by molar-refractivity contribution is 5.30. The van der Waals surface area contributed by atoms with Crippen molar-refractivity contribution in [3.05, 3.63) is 29.8 Å². The summed E-state index contributed by atoms with van der Waals surface area (Å²) in [4.78, 5) is 0. The molecule has 2 nitrogen and oxygen atoms in total. The molecule has 1 aromatic rings. The lowest BCUT2D eigenvalue weighted by atomic mass is 9.50. The Morgan fingerprint density at radius 2 is 1.14 bits per heavy atom. The van der Waals surface area contributed by atoms with E-state index in [2.05, 4.69) is 72.7 Å². The maximum absolute atomic E-state index is 6.61. The first-order valence-corrected chi connectivity index (χ1v) is 18.9. The van der Waals surface area contributed by atoms with Crippen LogP contribution in [0.5, 0.6) is 5.75 Å². The summed E-state index contributed by atoms with van der Waals surface area (Å²) in [5.74, 6) is 4.35. The van der Waals surface area contributed by atoms with E-state index < -0.39 is 0 Å². The summed E-state index contributed by atoms with van der Waals surface area (Å²) in [7, 11) is 0. The highest BCUT2D eigenvalue weighted by Crippen LogP contribution is 2.59. The van der Waals surface area contributed by atoms with Gasteiger partial charge in [-0.25, -0.2) is 0 Å². The summed E-state index contributed by atoms with van der Waals surface area (Å²) in [5.41, 5.74) is 2.52. The van der Waals surface area contributed by atoms with Crippen molar-refractivity contribution in [2.24, 2.45) is 34.0 Å². The fraction of sp³-hybridized carbons (Fsp3) is 0.854. The van der Waals surface area contributed by atoms with Crippen molar-refractivity contribution >= 4 is 0 Å². The molecule has 0 spiro atoms. The van der Waals surface area contributed by atoms with E-state index in [0.717, 1.165) is 29.9 Å². The van der Waals surface area contributed by atoms with E-state index in [1.54, 1.807) is 0 Å². The highest BCUT2D eigenvalue weighted by atomic mass is 16.7. The molecule has 2 heteroatoms. The van der Waals surface area contributed by atoms with E-state index in [9.17, 15) is 0 Å². The van der Waals surface area contributed by atoms with Crippen LogP contribution in [0.3, 0.4) is 0 Å². The van der Waals surface area contributed by atoms with Gasteiger partial charge in [-0.3, -0.25) is 0 Å². The summed E-state index contributed by atoms with van der Waals surface area (Å²) in [5, 5.41) is 0. The van der Waals surface area contributed by atoms with Gasteiger partial charge in [0.05, 0.1) is 0 Å². The number of rotatable bonds is 13. The molecule has 0 heterocycles. The fourth-order valence-electron chi connectivity index (χ4n) is 9.94. The van der Waals surface area contributed by atoms with Crippen LogP contribution < -0.4 is 4.74 Å². The average Bonchev–Trinajstić information content (AvgIpc) is 2.99. The van der Waals surface area contributed by atoms with Crippen molar-refractivity contribution in [3.8, 4) is 5.75 Å². The molecule has 4 rings (SSSR count). The maximum Gasteiger partial charge on any atom is 0.199 e. The minimum atomic E-state index is -0.148. The molecule has 2 unspecified atom stereocenters. The molecule has 3 fully saturated rings. The van der Waals surface area contributed by atoms with Crippen molar-refractivity contribution in [2.75, 3.05) is 6.61 Å². The first-order chi connectivity index (χ1) is 20.5. The topological polar surface area (TPSA) is 18.5 Å². The normalized spacial score (nSPS) is 21.9. The van der Waals surface area contributed by atoms with Crippen molar-refractivity contribution in [1.82, 2.24) is 0 Å². The van der Waals surface area contributed by atoms with Gasteiger partial charge < -0.3 is 9.47 Å². The zero-order valence-corrected chi connectivity index (χ0v) is 29.7. The van der Waals surface area contributed by atoms with Gasteiger partial charge in [-0.2, -0.15) is 0 Å². The second kappa shape index (κ2) is 16.0. The largest absolute Gasteiger partial charge is 0.465 e. The van der Waals surface area contributed by atoms with Crippen LogP contribution in [0.4, 0.5) is 0 Å². The average molecular weight is 595 g/mol. The lowest BCUT2D eigenvalue weighted by Gasteiger charge is -2.55. The predicted molar refractivity (Wildman–Crippen MR) is 185 cm³/mol. The summed E-state index contributed by atoms with van der Waals surface area (Å²) >= 11 is 0. The molecule has 0 bridgehead atoms. The molecule has 0 N–H and O–H groups in total. The minimum Gasteiger partial charge on any atom is -0.465 e. The Labute approximate surface area is 267 Å². The van der Waals surface area contributed by atoms with Crippen LogP contribution >= 0.6 is 0 Å². The van der Waals surface area contributed by atoms with Crippen LogP contribution in [0.15, 0.2) is 24.3 Å². The van der Waals surface area contributed by atoms with Crippen molar-refractivity contribution in [1.29, 1.82) is 0 Å². The Morgan fingerprint density at radius 1 is 0.674 bits per heavy atom. The van der Waals surface area contributed by atoms with Gasteiger partial charge in [0.2, 0.25) is 0 Å². The Balaban J connectivity index is 1.47. The molecule has 246 valence electrons. The molecular formula is C41H70O2. The van der Waals surface area contributed by atoms with Gasteiger partial charge in [0, 0.05) is 13.0 Å². The van der Waals surface area contributed by atoms with Gasteiger partial charge in [-0.1, -0.05) is 111 Å². The van der Waals surface area contributed by atoms with Crippen molar-refractivity contribution in [3.63, 3.8) is 0 Å². The quantitative estimate of drug-likeness (QED) is 0.211. The number of ether oxygens (including phenoxy) is 2. The van der Waals surface area contributed by atoms with E-state index >= 15 is 0 Å². The summed E-state index contributed by atoms with van der Waals surface area (Å²) in [6.45, 7) is 17.1. The third-order valence-corrected chi connectivity index (χ3v) is 11.9. The first kappa shape index (κ1) is 34.8. The van der Waals surface area contributed by atoms with Gasteiger partial charge in [0.1, 0.15) is 5.75 Å². The smallest absolute Gasteiger partial charge is 0.199 e. The van der Waals surface area contributed by atoms with Gasteiger partial charge in [0.25, 0.3) is 0 Å². The van der Waals surface area contributed by atoms with Crippen LogP contribution in [-0.2, 0) is 4.74 Å². The first-order valence-electron chi connectivity index (χ1n) is 18.9. The number of hydrogen-bond acceptors (Lipinski definition) is 2. The second-order valence-corrected chi connectivity index (χ2v) is 17.3. The van der Waals surface area contributed by atoms with E-state index in [1.807, 2.05) is 0 Å². The monoisotopic (exact) mass is 595 g/mol. The molecule has 3 aliphatic rings. The summed E-state index contributed by atoms with van der Waals surface area (Å²) < 4.78 is 12.9. The lowest BCUT2D eigenvalue weighted by Crippen LogP contribution is -2.47. The molecule has 0 aromatic heterocycles. The molecule has 2 atom stereocenters. The van der Waals surface area contributed by atoms with Gasteiger partial charge in [0.15, 0.2) is 6.29 Å². The van der Waals surface area contributed by atoms with Crippen LogP contribution in [0, 0.1) is 34.0 Å². The van der Waals surface area contributed by atoms with E-state index in [-0.39, 0.29) is 11.7 Å². The van der Waals surface area contributed by atoms with Crippen LogP contribution in [0.1, 0.15) is 182 Å². The van der Waals surface area contributed by atoms with E-state index in [4.69, 9.17) is 9.47 Å². The molecule has 43 heavy (non-hydrogen) atoms. The maximum atomic E-state index is 6.61. The van der Waals surface area contributed by atoms with Gasteiger partial charge in [-0.05, 0) is 122 Å². The third-order valence-electron chi connectivity index (χ3n) is 11.9. The zero-order chi connectivity index (χ0) is 30.9. The molecule has 0 amide bonds. The molecule has 0 radical (unpaired) electrons.